The number of alkyl halides is 3. The van der Waals surface area contributed by atoms with Crippen LogP contribution < -0.4 is 11.1 Å². The molecule has 3 N–H and O–H groups in total. The maximum absolute atomic E-state index is 13.0. The average Bonchev–Trinajstić information content (AvgIpc) is 2.80. The number of nitrogens with one attached hydrogen (secondary N) is 1. The van der Waals surface area contributed by atoms with Gasteiger partial charge in [-0.15, -0.1) is 11.3 Å². The molecule has 8 heteroatoms. The summed E-state index contributed by atoms with van der Waals surface area (Å²) < 4.78 is 40.0. The summed E-state index contributed by atoms with van der Waals surface area (Å²) in [6.45, 7) is 0.433. The minimum Gasteiger partial charge on any atom is -0.389 e. The lowest BCUT2D eigenvalue weighted by Crippen LogP contribution is -2.18. The number of rotatable bonds is 4. The lowest BCUT2D eigenvalue weighted by atomic mass is 10.1. The molecule has 0 aliphatic rings. The van der Waals surface area contributed by atoms with Gasteiger partial charge in [0.1, 0.15) is 4.99 Å². The van der Waals surface area contributed by atoms with Crippen LogP contribution in [0.15, 0.2) is 34.1 Å². The summed E-state index contributed by atoms with van der Waals surface area (Å²) >= 11 is 9.55. The van der Waals surface area contributed by atoms with Crippen LogP contribution in [0.25, 0.3) is 0 Å². The van der Waals surface area contributed by atoms with E-state index in [0.29, 0.717) is 12.2 Å². The van der Waals surface area contributed by atoms with Gasteiger partial charge in [-0.05, 0) is 45.6 Å². The van der Waals surface area contributed by atoms with E-state index < -0.39 is 11.7 Å². The zero-order valence-electron chi connectivity index (χ0n) is 10.5. The van der Waals surface area contributed by atoms with Crippen LogP contribution in [0.3, 0.4) is 0 Å². The molecular formula is C13H10BrF3N2S2. The highest BCUT2D eigenvalue weighted by atomic mass is 79.9. The highest BCUT2D eigenvalue weighted by molar-refractivity contribution is 9.10. The van der Waals surface area contributed by atoms with Gasteiger partial charge < -0.3 is 11.1 Å². The number of benzene rings is 1. The van der Waals surface area contributed by atoms with Crippen LogP contribution in [0.5, 0.6) is 0 Å². The Morgan fingerprint density at radius 2 is 2.05 bits per heavy atom. The summed E-state index contributed by atoms with van der Waals surface area (Å²) in [5.41, 5.74) is 4.71. The van der Waals surface area contributed by atoms with Crippen LogP contribution in [-0.2, 0) is 12.7 Å². The summed E-state index contributed by atoms with van der Waals surface area (Å²) in [4.78, 5) is 0.733. The van der Waals surface area contributed by atoms with Gasteiger partial charge in [-0.3, -0.25) is 0 Å². The Labute approximate surface area is 137 Å². The van der Waals surface area contributed by atoms with E-state index >= 15 is 0 Å². The van der Waals surface area contributed by atoms with E-state index in [1.165, 1.54) is 23.5 Å². The van der Waals surface area contributed by atoms with E-state index in [1.807, 2.05) is 11.4 Å². The predicted octanol–water partition coefficient (Wildman–Crippen LogP) is 4.78. The van der Waals surface area contributed by atoms with Crippen molar-refractivity contribution in [1.29, 1.82) is 0 Å². The molecule has 1 heterocycles. The summed E-state index contributed by atoms with van der Waals surface area (Å²) in [6.07, 6.45) is -4.50. The molecule has 1 aromatic carbocycles. The molecule has 0 spiro atoms. The van der Waals surface area contributed by atoms with Gasteiger partial charge in [0.2, 0.25) is 0 Å². The van der Waals surface area contributed by atoms with Gasteiger partial charge in [-0.25, -0.2) is 0 Å². The molecule has 1 aromatic heterocycles. The molecule has 112 valence electrons. The van der Waals surface area contributed by atoms with Crippen molar-refractivity contribution in [3.05, 3.63) is 50.1 Å². The van der Waals surface area contributed by atoms with Gasteiger partial charge in [-0.1, -0.05) is 12.2 Å². The highest BCUT2D eigenvalue weighted by Gasteiger charge is 2.34. The number of nitrogens with two attached hydrogens (primary N) is 1. The van der Waals surface area contributed by atoms with Crippen LogP contribution >= 0.6 is 39.5 Å². The Morgan fingerprint density at radius 3 is 2.57 bits per heavy atom. The first kappa shape index (κ1) is 16.3. The van der Waals surface area contributed by atoms with E-state index in [0.717, 1.165) is 15.4 Å². The molecule has 2 nitrogen and oxygen atoms in total. The molecule has 21 heavy (non-hydrogen) atoms. The lowest BCUT2D eigenvalue weighted by molar-refractivity contribution is -0.137. The van der Waals surface area contributed by atoms with E-state index in [9.17, 15) is 13.2 Å². The molecule has 0 unspecified atom stereocenters. The first-order chi connectivity index (χ1) is 9.79. The fourth-order valence-corrected chi connectivity index (χ4v) is 3.35. The first-order valence-electron chi connectivity index (χ1n) is 5.76. The number of thiophene rings is 1. The second-order valence-corrected chi connectivity index (χ2v) is 6.46. The Bertz CT molecular complexity index is 668. The monoisotopic (exact) mass is 394 g/mol. The zero-order valence-corrected chi connectivity index (χ0v) is 13.7. The van der Waals surface area contributed by atoms with Crippen molar-refractivity contribution in [2.45, 2.75) is 12.7 Å². The Hall–Kier alpha value is -1.12. The molecule has 0 aliphatic carbocycles. The Balaban J connectivity index is 2.26. The maximum Gasteiger partial charge on any atom is 0.417 e. The SMILES string of the molecule is NC(=S)c1ccc(NCc2sccc2Br)cc1C(F)(F)F. The third-order valence-electron chi connectivity index (χ3n) is 2.73. The molecule has 0 radical (unpaired) electrons. The smallest absolute Gasteiger partial charge is 0.389 e. The van der Waals surface area contributed by atoms with Gasteiger partial charge in [0, 0.05) is 20.6 Å². The van der Waals surface area contributed by atoms with Crippen LogP contribution in [-0.4, -0.2) is 4.99 Å². The normalized spacial score (nSPS) is 11.4. The number of thiocarbonyl (C=S) groups is 1. The highest BCUT2D eigenvalue weighted by Crippen LogP contribution is 2.34. The molecule has 0 aliphatic heterocycles. The van der Waals surface area contributed by atoms with Gasteiger partial charge in [-0.2, -0.15) is 13.2 Å². The van der Waals surface area contributed by atoms with Crippen molar-refractivity contribution in [3.63, 3.8) is 0 Å². The molecule has 0 saturated carbocycles. The fraction of sp³-hybridized carbons (Fsp3) is 0.154. The van der Waals surface area contributed by atoms with Gasteiger partial charge >= 0.3 is 6.18 Å². The molecule has 2 aromatic rings. The fourth-order valence-electron chi connectivity index (χ4n) is 1.74. The quantitative estimate of drug-likeness (QED) is 0.733. The van der Waals surface area contributed by atoms with E-state index in [2.05, 4.69) is 33.5 Å². The lowest BCUT2D eigenvalue weighted by Gasteiger charge is -2.14. The van der Waals surface area contributed by atoms with E-state index in [1.54, 1.807) is 0 Å². The van der Waals surface area contributed by atoms with Crippen LogP contribution in [0, 0.1) is 0 Å². The zero-order chi connectivity index (χ0) is 15.6. The Morgan fingerprint density at radius 1 is 1.33 bits per heavy atom. The second kappa shape index (κ2) is 6.33. The standard InChI is InChI=1S/C13H10BrF3N2S2/c14-10-3-4-21-11(10)6-19-7-1-2-8(12(18)20)9(5-7)13(15,16)17/h1-5,19H,6H2,(H2,18,20). The Kier molecular flexibility index (Phi) is 4.90. The van der Waals surface area contributed by atoms with Crippen molar-refractivity contribution in [3.8, 4) is 0 Å². The molecule has 0 fully saturated rings. The molecule has 0 saturated heterocycles. The van der Waals surface area contributed by atoms with Crippen LogP contribution in [0.2, 0.25) is 0 Å². The molecule has 0 atom stereocenters. The van der Waals surface area contributed by atoms with E-state index in [-0.39, 0.29) is 10.6 Å². The minimum atomic E-state index is -4.50. The average molecular weight is 395 g/mol. The van der Waals surface area contributed by atoms with Gasteiger partial charge in [0.05, 0.1) is 12.1 Å². The number of hydrogen-bond donors (Lipinski definition) is 2. The number of halogens is 4. The second-order valence-electron chi connectivity index (χ2n) is 4.17. The van der Waals surface area contributed by atoms with Crippen LogP contribution in [0.1, 0.15) is 16.0 Å². The first-order valence-corrected chi connectivity index (χ1v) is 7.84. The van der Waals surface area contributed by atoms with E-state index in [4.69, 9.17) is 5.73 Å². The molecular weight excluding hydrogens is 385 g/mol. The largest absolute Gasteiger partial charge is 0.417 e. The number of hydrogen-bond acceptors (Lipinski definition) is 3. The summed E-state index contributed by atoms with van der Waals surface area (Å²) in [6, 6.07) is 5.73. The summed E-state index contributed by atoms with van der Waals surface area (Å²) in [5, 5.41) is 4.86. The van der Waals surface area contributed by atoms with Crippen molar-refractivity contribution in [1.82, 2.24) is 0 Å². The molecule has 2 rings (SSSR count). The number of anilines is 1. The minimum absolute atomic E-state index is 0.166. The van der Waals surface area contributed by atoms with Crippen molar-refractivity contribution in [2.24, 2.45) is 5.73 Å². The van der Waals surface area contributed by atoms with Crippen molar-refractivity contribution >= 4 is 50.2 Å². The predicted molar refractivity (Wildman–Crippen MR) is 86.7 cm³/mol. The molecule has 0 amide bonds. The van der Waals surface area contributed by atoms with Crippen molar-refractivity contribution in [2.75, 3.05) is 5.32 Å². The van der Waals surface area contributed by atoms with Gasteiger partial charge in [0.15, 0.2) is 0 Å². The van der Waals surface area contributed by atoms with Crippen molar-refractivity contribution < 1.29 is 13.2 Å². The topological polar surface area (TPSA) is 38.0 Å². The van der Waals surface area contributed by atoms with Crippen LogP contribution in [0.4, 0.5) is 18.9 Å². The molecule has 0 bridgehead atoms. The summed E-state index contributed by atoms with van der Waals surface area (Å²) in [5.74, 6) is 0. The maximum atomic E-state index is 13.0. The third-order valence-corrected chi connectivity index (χ3v) is 4.88. The third kappa shape index (κ3) is 3.96. The summed E-state index contributed by atoms with van der Waals surface area (Å²) in [7, 11) is 0. The van der Waals surface area contributed by atoms with Gasteiger partial charge in [0.25, 0.3) is 0 Å².